The first-order valence-corrected chi connectivity index (χ1v) is 7.23. The molecule has 0 bridgehead atoms. The van der Waals surface area contributed by atoms with Crippen molar-refractivity contribution in [3.05, 3.63) is 35.1 Å². The van der Waals surface area contributed by atoms with Crippen LogP contribution in [0.4, 0.5) is 0 Å². The smallest absolute Gasteiger partial charge is 0.346 e. The topological polar surface area (TPSA) is 61.1 Å². The maximum Gasteiger partial charge on any atom is 0.346 e. The van der Waals surface area contributed by atoms with Crippen molar-refractivity contribution < 1.29 is 9.90 Å². The van der Waals surface area contributed by atoms with Crippen LogP contribution in [0, 0.1) is 11.3 Å². The van der Waals surface area contributed by atoms with Crippen molar-refractivity contribution in [2.75, 3.05) is 0 Å². The molecule has 0 spiro atoms. The molecule has 0 aliphatic heterocycles. The third-order valence-corrected chi connectivity index (χ3v) is 5.78. The molecule has 0 saturated carbocycles. The van der Waals surface area contributed by atoms with Crippen LogP contribution in [0.5, 0.6) is 0 Å². The highest BCUT2D eigenvalue weighted by atomic mass is 79.9. The zero-order valence-corrected chi connectivity index (χ0v) is 14.3. The molecule has 0 unspecified atom stereocenters. The number of halogens is 4. The Hall–Kier alpha value is -0.160. The first-order chi connectivity index (χ1) is 7.88. The van der Waals surface area contributed by atoms with Crippen molar-refractivity contribution in [2.45, 2.75) is 0 Å². The summed E-state index contributed by atoms with van der Waals surface area (Å²) in [5.74, 6) is -1.26. The summed E-state index contributed by atoms with van der Waals surface area (Å²) in [6, 6.07) is 3.39. The van der Waals surface area contributed by atoms with E-state index in [0.717, 1.165) is 8.95 Å². The normalized spacial score (nSPS) is 11.1. The summed E-state index contributed by atoms with van der Waals surface area (Å²) in [4.78, 5) is 10.8. The fourth-order valence-electron chi connectivity index (χ4n) is 0.999. The zero-order chi connectivity index (χ0) is 13.2. The second-order valence-corrected chi connectivity index (χ2v) is 6.15. The summed E-state index contributed by atoms with van der Waals surface area (Å²) >= 11 is 13.3. The van der Waals surface area contributed by atoms with Crippen molar-refractivity contribution >= 4 is 75.8 Å². The van der Waals surface area contributed by atoms with Gasteiger partial charge in [-0.05, 0) is 59.9 Å². The fraction of sp³-hybridized carbons (Fsp3) is 0. The molecule has 0 aliphatic carbocycles. The highest BCUT2D eigenvalue weighted by molar-refractivity contribution is 9.14. The number of rotatable bonds is 2. The minimum absolute atomic E-state index is 0.333. The maximum absolute atomic E-state index is 10.8. The Morgan fingerprint density at radius 1 is 1.24 bits per heavy atom. The molecule has 1 rings (SSSR count). The molecular formula is C10H3Br4NO2. The molecule has 17 heavy (non-hydrogen) atoms. The summed E-state index contributed by atoms with van der Waals surface area (Å²) < 4.78 is 2.89. The molecular weight excluding hydrogens is 486 g/mol. The average molecular weight is 489 g/mol. The SMILES string of the molecule is N#CC(=Cc1c(Br)cc(Br)c(Br)c1Br)C(=O)O. The van der Waals surface area contributed by atoms with Crippen LogP contribution >= 0.6 is 63.7 Å². The zero-order valence-electron chi connectivity index (χ0n) is 7.97. The molecule has 7 heteroatoms. The van der Waals surface area contributed by atoms with E-state index < -0.39 is 5.97 Å². The minimum Gasteiger partial charge on any atom is -0.477 e. The van der Waals surface area contributed by atoms with Gasteiger partial charge in [-0.1, -0.05) is 15.9 Å². The molecule has 0 radical (unpaired) electrons. The van der Waals surface area contributed by atoms with Crippen LogP contribution in [-0.4, -0.2) is 11.1 Å². The Bertz CT molecular complexity index is 560. The molecule has 3 nitrogen and oxygen atoms in total. The molecule has 1 aromatic rings. The Kier molecular flexibility index (Phi) is 5.38. The third kappa shape index (κ3) is 3.41. The van der Waals surface area contributed by atoms with Crippen LogP contribution in [0.1, 0.15) is 5.56 Å². The Labute approximate surface area is 131 Å². The summed E-state index contributed by atoms with van der Waals surface area (Å²) in [6.45, 7) is 0. The van der Waals surface area contributed by atoms with Crippen LogP contribution in [0.3, 0.4) is 0 Å². The van der Waals surface area contributed by atoms with Crippen molar-refractivity contribution in [2.24, 2.45) is 0 Å². The predicted molar refractivity (Wildman–Crippen MR) is 78.5 cm³/mol. The van der Waals surface area contributed by atoms with E-state index in [0.29, 0.717) is 14.5 Å². The number of carboxylic acids is 1. The summed E-state index contributed by atoms with van der Waals surface area (Å²) in [7, 11) is 0. The molecule has 1 N–H and O–H groups in total. The van der Waals surface area contributed by atoms with Gasteiger partial charge in [-0.25, -0.2) is 4.79 Å². The van der Waals surface area contributed by atoms with Gasteiger partial charge in [0.25, 0.3) is 0 Å². The lowest BCUT2D eigenvalue weighted by atomic mass is 10.1. The number of aliphatic carboxylic acids is 1. The molecule has 0 heterocycles. The Morgan fingerprint density at radius 3 is 2.29 bits per heavy atom. The number of nitrogens with zero attached hydrogens (tertiary/aromatic N) is 1. The number of hydrogen-bond donors (Lipinski definition) is 1. The molecule has 0 aromatic heterocycles. The van der Waals surface area contributed by atoms with E-state index in [1.807, 2.05) is 0 Å². The number of carbonyl (C=O) groups is 1. The Balaban J connectivity index is 3.49. The van der Waals surface area contributed by atoms with E-state index in [9.17, 15) is 4.79 Å². The molecule has 0 atom stereocenters. The number of benzene rings is 1. The van der Waals surface area contributed by atoms with E-state index in [2.05, 4.69) is 63.7 Å². The molecule has 0 aliphatic rings. The maximum atomic E-state index is 10.8. The van der Waals surface area contributed by atoms with Crippen molar-refractivity contribution in [3.63, 3.8) is 0 Å². The van der Waals surface area contributed by atoms with E-state index in [-0.39, 0.29) is 5.57 Å². The van der Waals surface area contributed by atoms with Crippen LogP contribution in [-0.2, 0) is 4.79 Å². The lowest BCUT2D eigenvalue weighted by Gasteiger charge is -2.07. The van der Waals surface area contributed by atoms with Crippen LogP contribution < -0.4 is 0 Å². The molecule has 0 saturated heterocycles. The molecule has 1 aromatic carbocycles. The van der Waals surface area contributed by atoms with Crippen LogP contribution in [0.25, 0.3) is 6.08 Å². The quantitative estimate of drug-likeness (QED) is 0.283. The molecule has 0 amide bonds. The minimum atomic E-state index is -1.26. The predicted octanol–water partition coefficient (Wildman–Crippen LogP) is 4.73. The van der Waals surface area contributed by atoms with E-state index in [1.165, 1.54) is 6.08 Å². The Morgan fingerprint density at radius 2 is 1.82 bits per heavy atom. The van der Waals surface area contributed by atoms with Crippen LogP contribution in [0.2, 0.25) is 0 Å². The first-order valence-electron chi connectivity index (χ1n) is 4.06. The molecule has 0 fully saturated rings. The van der Waals surface area contributed by atoms with Gasteiger partial charge in [0.15, 0.2) is 0 Å². The van der Waals surface area contributed by atoms with Gasteiger partial charge in [-0.3, -0.25) is 0 Å². The number of nitriles is 1. The van der Waals surface area contributed by atoms with E-state index >= 15 is 0 Å². The summed E-state index contributed by atoms with van der Waals surface area (Å²) in [5.41, 5.74) is 0.250. The monoisotopic (exact) mass is 485 g/mol. The standard InChI is InChI=1S/C10H3Br4NO2/c11-6-2-7(12)9(14)8(13)5(6)1-4(3-15)10(16)17/h1-2H,(H,16,17). The number of carboxylic acid groups (broad SMARTS) is 1. The average Bonchev–Trinajstić information content (AvgIpc) is 2.26. The summed E-state index contributed by atoms with van der Waals surface area (Å²) in [5, 5.41) is 17.5. The van der Waals surface area contributed by atoms with Gasteiger partial charge in [-0.15, -0.1) is 0 Å². The summed E-state index contributed by atoms with van der Waals surface area (Å²) in [6.07, 6.45) is 1.30. The lowest BCUT2D eigenvalue weighted by molar-refractivity contribution is -0.132. The largest absolute Gasteiger partial charge is 0.477 e. The van der Waals surface area contributed by atoms with Gasteiger partial charge in [0.2, 0.25) is 0 Å². The second kappa shape index (κ2) is 6.14. The van der Waals surface area contributed by atoms with Gasteiger partial charge >= 0.3 is 5.97 Å². The van der Waals surface area contributed by atoms with Crippen molar-refractivity contribution in [3.8, 4) is 6.07 Å². The van der Waals surface area contributed by atoms with Crippen molar-refractivity contribution in [1.29, 1.82) is 5.26 Å². The molecule has 88 valence electrons. The third-order valence-electron chi connectivity index (χ3n) is 1.79. The highest BCUT2D eigenvalue weighted by Gasteiger charge is 2.14. The van der Waals surface area contributed by atoms with Gasteiger partial charge in [0.1, 0.15) is 11.6 Å². The van der Waals surface area contributed by atoms with E-state index in [4.69, 9.17) is 10.4 Å². The number of hydrogen-bond acceptors (Lipinski definition) is 2. The fourth-order valence-corrected chi connectivity index (χ4v) is 3.68. The first kappa shape index (κ1) is 14.9. The van der Waals surface area contributed by atoms with Gasteiger partial charge < -0.3 is 5.11 Å². The second-order valence-electron chi connectivity index (χ2n) is 2.86. The highest BCUT2D eigenvalue weighted by Crippen LogP contribution is 2.39. The van der Waals surface area contributed by atoms with Crippen LogP contribution in [0.15, 0.2) is 29.5 Å². The van der Waals surface area contributed by atoms with Gasteiger partial charge in [0, 0.05) is 23.5 Å². The van der Waals surface area contributed by atoms with Gasteiger partial charge in [-0.2, -0.15) is 5.26 Å². The van der Waals surface area contributed by atoms with Gasteiger partial charge in [0.05, 0.1) is 0 Å². The van der Waals surface area contributed by atoms with Crippen molar-refractivity contribution in [1.82, 2.24) is 0 Å². The lowest BCUT2D eigenvalue weighted by Crippen LogP contribution is -1.98. The van der Waals surface area contributed by atoms with E-state index in [1.54, 1.807) is 12.1 Å².